The van der Waals surface area contributed by atoms with Gasteiger partial charge in [-0.3, -0.25) is 4.79 Å². The highest BCUT2D eigenvalue weighted by Crippen LogP contribution is 2.26. The predicted octanol–water partition coefficient (Wildman–Crippen LogP) is 3.37. The molecule has 1 fully saturated rings. The van der Waals surface area contributed by atoms with Crippen LogP contribution < -0.4 is 14.8 Å². The van der Waals surface area contributed by atoms with E-state index < -0.39 is 10.0 Å². The molecular weight excluding hydrogens is 416 g/mol. The van der Waals surface area contributed by atoms with E-state index in [0.29, 0.717) is 31.7 Å². The van der Waals surface area contributed by atoms with Crippen molar-refractivity contribution >= 4 is 15.9 Å². The zero-order valence-corrected chi connectivity index (χ0v) is 19.0. The minimum atomic E-state index is -3.66. The van der Waals surface area contributed by atoms with Gasteiger partial charge in [0.25, 0.3) is 0 Å². The first-order valence-corrected chi connectivity index (χ1v) is 12.0. The summed E-state index contributed by atoms with van der Waals surface area (Å²) in [6.07, 6.45) is 1.31. The lowest BCUT2D eigenvalue weighted by Crippen LogP contribution is -2.45. The molecule has 31 heavy (non-hydrogen) atoms. The molecule has 1 aliphatic heterocycles. The molecule has 1 heterocycles. The summed E-state index contributed by atoms with van der Waals surface area (Å²) < 4.78 is 38.1. The highest BCUT2D eigenvalue weighted by atomic mass is 32.2. The van der Waals surface area contributed by atoms with Crippen LogP contribution in [-0.4, -0.2) is 45.4 Å². The van der Waals surface area contributed by atoms with Crippen molar-refractivity contribution < 1.29 is 22.7 Å². The number of sulfonamides is 1. The molecule has 8 heteroatoms. The van der Waals surface area contributed by atoms with Crippen LogP contribution in [0.1, 0.15) is 38.3 Å². The molecule has 1 saturated heterocycles. The summed E-state index contributed by atoms with van der Waals surface area (Å²) in [6, 6.07) is 13.7. The third kappa shape index (κ3) is 5.57. The fourth-order valence-electron chi connectivity index (χ4n) is 3.71. The number of nitrogens with zero attached hydrogens (tertiary/aromatic N) is 1. The fourth-order valence-corrected chi connectivity index (χ4v) is 5.23. The quantitative estimate of drug-likeness (QED) is 0.672. The summed E-state index contributed by atoms with van der Waals surface area (Å²) in [6.45, 7) is 4.89. The van der Waals surface area contributed by atoms with Crippen LogP contribution in [0.2, 0.25) is 0 Å². The molecule has 168 valence electrons. The number of hydrogen-bond donors (Lipinski definition) is 1. The molecule has 0 spiro atoms. The summed E-state index contributed by atoms with van der Waals surface area (Å²) in [5.74, 6) is 0.872. The number of methoxy groups -OCH3 is 1. The number of piperidine rings is 1. The fraction of sp³-hybridized carbons (Fsp3) is 0.435. The van der Waals surface area contributed by atoms with Gasteiger partial charge in [-0.1, -0.05) is 12.1 Å². The van der Waals surface area contributed by atoms with E-state index in [-0.39, 0.29) is 29.3 Å². The Labute approximate surface area is 184 Å². The van der Waals surface area contributed by atoms with Gasteiger partial charge >= 0.3 is 0 Å². The Morgan fingerprint density at radius 1 is 1.13 bits per heavy atom. The van der Waals surface area contributed by atoms with Gasteiger partial charge in [0, 0.05) is 13.1 Å². The van der Waals surface area contributed by atoms with Crippen LogP contribution in [-0.2, 0) is 14.8 Å². The smallest absolute Gasteiger partial charge is 0.243 e. The van der Waals surface area contributed by atoms with Crippen molar-refractivity contribution in [2.45, 2.75) is 37.6 Å². The van der Waals surface area contributed by atoms with Gasteiger partial charge in [0.2, 0.25) is 15.9 Å². The first-order valence-electron chi connectivity index (χ1n) is 10.5. The maximum Gasteiger partial charge on any atom is 0.243 e. The molecule has 0 aliphatic carbocycles. The molecule has 1 aliphatic rings. The van der Waals surface area contributed by atoms with E-state index in [4.69, 9.17) is 9.47 Å². The van der Waals surface area contributed by atoms with Crippen molar-refractivity contribution in [3.63, 3.8) is 0 Å². The number of rotatable bonds is 8. The molecule has 0 saturated carbocycles. The summed E-state index contributed by atoms with van der Waals surface area (Å²) in [5.41, 5.74) is 0.962. The van der Waals surface area contributed by atoms with E-state index in [1.165, 1.54) is 4.31 Å². The number of hydrogen-bond acceptors (Lipinski definition) is 5. The van der Waals surface area contributed by atoms with Crippen molar-refractivity contribution in [2.75, 3.05) is 26.8 Å². The molecule has 0 aromatic heterocycles. The Balaban J connectivity index is 1.65. The minimum absolute atomic E-state index is 0.130. The van der Waals surface area contributed by atoms with Crippen LogP contribution in [0.4, 0.5) is 0 Å². The lowest BCUT2D eigenvalue weighted by Gasteiger charge is -2.32. The predicted molar refractivity (Wildman–Crippen MR) is 119 cm³/mol. The molecule has 2 atom stereocenters. The second kappa shape index (κ2) is 10.2. The Kier molecular flexibility index (Phi) is 7.56. The van der Waals surface area contributed by atoms with Gasteiger partial charge in [0.05, 0.1) is 30.6 Å². The van der Waals surface area contributed by atoms with Crippen LogP contribution in [0.3, 0.4) is 0 Å². The third-order valence-electron chi connectivity index (χ3n) is 5.50. The van der Waals surface area contributed by atoms with Crippen LogP contribution in [0, 0.1) is 5.92 Å². The number of amides is 1. The standard InChI is InChI=1S/C23H30N2O5S/c1-4-30-21-11-13-22(14-12-21)31(27,28)25-15-5-6-19(16-25)23(26)24-17(2)18-7-9-20(29-3)10-8-18/h7-14,17,19H,4-6,15-16H2,1-3H3,(H,24,26). The van der Waals surface area contributed by atoms with Crippen molar-refractivity contribution in [3.05, 3.63) is 54.1 Å². The lowest BCUT2D eigenvalue weighted by atomic mass is 9.98. The molecule has 2 aromatic carbocycles. The lowest BCUT2D eigenvalue weighted by molar-refractivity contribution is -0.126. The number of ether oxygens (including phenoxy) is 2. The Hall–Kier alpha value is -2.58. The van der Waals surface area contributed by atoms with Crippen molar-refractivity contribution in [2.24, 2.45) is 5.92 Å². The van der Waals surface area contributed by atoms with Crippen molar-refractivity contribution in [3.8, 4) is 11.5 Å². The normalized spacial score (nSPS) is 18.2. The van der Waals surface area contributed by atoms with E-state index in [2.05, 4.69) is 5.32 Å². The van der Waals surface area contributed by atoms with Gasteiger partial charge < -0.3 is 14.8 Å². The van der Waals surface area contributed by atoms with Crippen LogP contribution in [0.15, 0.2) is 53.4 Å². The molecular formula is C23H30N2O5S. The first kappa shape index (κ1) is 23.1. The van der Waals surface area contributed by atoms with Crippen LogP contribution in [0.5, 0.6) is 11.5 Å². The molecule has 2 aromatic rings. The van der Waals surface area contributed by atoms with E-state index in [0.717, 1.165) is 11.3 Å². The minimum Gasteiger partial charge on any atom is -0.497 e. The van der Waals surface area contributed by atoms with Gasteiger partial charge in [-0.2, -0.15) is 4.31 Å². The van der Waals surface area contributed by atoms with Gasteiger partial charge in [-0.15, -0.1) is 0 Å². The van der Waals surface area contributed by atoms with Gasteiger partial charge in [-0.25, -0.2) is 8.42 Å². The third-order valence-corrected chi connectivity index (χ3v) is 7.38. The SMILES string of the molecule is CCOc1ccc(S(=O)(=O)N2CCCC(C(=O)NC(C)c3ccc(OC)cc3)C2)cc1. The first-order chi connectivity index (χ1) is 14.8. The van der Waals surface area contributed by atoms with E-state index in [9.17, 15) is 13.2 Å². The zero-order chi connectivity index (χ0) is 22.4. The van der Waals surface area contributed by atoms with Gasteiger partial charge in [0.15, 0.2) is 0 Å². The number of carbonyl (C=O) groups is 1. The van der Waals surface area contributed by atoms with Crippen molar-refractivity contribution in [1.29, 1.82) is 0 Å². The molecule has 3 rings (SSSR count). The van der Waals surface area contributed by atoms with Gasteiger partial charge in [-0.05, 0) is 68.7 Å². The highest BCUT2D eigenvalue weighted by Gasteiger charge is 2.33. The average molecular weight is 447 g/mol. The van der Waals surface area contributed by atoms with Gasteiger partial charge in [0.1, 0.15) is 11.5 Å². The highest BCUT2D eigenvalue weighted by molar-refractivity contribution is 7.89. The Bertz CT molecular complexity index is 974. The topological polar surface area (TPSA) is 84.9 Å². The summed E-state index contributed by atoms with van der Waals surface area (Å²) in [4.78, 5) is 13.1. The molecule has 2 unspecified atom stereocenters. The summed E-state index contributed by atoms with van der Waals surface area (Å²) in [7, 11) is -2.06. The summed E-state index contributed by atoms with van der Waals surface area (Å²) in [5, 5.41) is 3.02. The Morgan fingerprint density at radius 3 is 2.39 bits per heavy atom. The van der Waals surface area contributed by atoms with E-state index in [1.807, 2.05) is 38.1 Å². The second-order valence-corrected chi connectivity index (χ2v) is 9.55. The molecule has 7 nitrogen and oxygen atoms in total. The number of benzene rings is 2. The van der Waals surface area contributed by atoms with Crippen LogP contribution >= 0.6 is 0 Å². The maximum absolute atomic E-state index is 13.1. The summed E-state index contributed by atoms with van der Waals surface area (Å²) >= 11 is 0. The Morgan fingerprint density at radius 2 is 1.77 bits per heavy atom. The monoisotopic (exact) mass is 446 g/mol. The molecule has 0 radical (unpaired) electrons. The number of nitrogens with one attached hydrogen (secondary N) is 1. The molecule has 1 amide bonds. The molecule has 0 bridgehead atoms. The zero-order valence-electron chi connectivity index (χ0n) is 18.2. The van der Waals surface area contributed by atoms with Crippen molar-refractivity contribution in [1.82, 2.24) is 9.62 Å². The second-order valence-electron chi connectivity index (χ2n) is 7.61. The van der Waals surface area contributed by atoms with E-state index >= 15 is 0 Å². The largest absolute Gasteiger partial charge is 0.497 e. The molecule has 1 N–H and O–H groups in total. The maximum atomic E-state index is 13.1. The average Bonchev–Trinajstić information content (AvgIpc) is 2.79. The van der Waals surface area contributed by atoms with Crippen LogP contribution in [0.25, 0.3) is 0 Å². The number of carbonyl (C=O) groups excluding carboxylic acids is 1. The van der Waals surface area contributed by atoms with E-state index in [1.54, 1.807) is 31.4 Å².